The molecule has 3 aromatic carbocycles. The van der Waals surface area contributed by atoms with E-state index in [-0.39, 0.29) is 28.9 Å². The molecule has 1 saturated carbocycles. The Hall–Kier alpha value is -4.47. The second-order valence-corrected chi connectivity index (χ2v) is 13.3. The fourth-order valence-corrected chi connectivity index (χ4v) is 6.76. The van der Waals surface area contributed by atoms with E-state index < -0.39 is 23.8 Å². The van der Waals surface area contributed by atoms with Crippen molar-refractivity contribution in [2.24, 2.45) is 11.0 Å². The predicted octanol–water partition coefficient (Wildman–Crippen LogP) is 10.3. The number of carbonyl (C=O) groups is 1. The summed E-state index contributed by atoms with van der Waals surface area (Å²) in [5, 5.41) is 11.6. The van der Waals surface area contributed by atoms with Gasteiger partial charge in [-0.2, -0.15) is 23.4 Å². The first-order valence-corrected chi connectivity index (χ1v) is 16.4. The molecule has 2 aromatic heterocycles. The lowest BCUT2D eigenvalue weighted by Crippen LogP contribution is -2.32. The van der Waals surface area contributed by atoms with Gasteiger partial charge in [-0.25, -0.2) is 14.5 Å². The fourth-order valence-electron chi connectivity index (χ4n) is 6.51. The molecule has 11 heteroatoms. The molecule has 1 amide bonds. The van der Waals surface area contributed by atoms with E-state index >= 15 is 0 Å². The number of nitrogens with zero attached hydrogens (tertiary/aromatic N) is 5. The van der Waals surface area contributed by atoms with Crippen LogP contribution in [0.25, 0.3) is 23.0 Å². The molecule has 1 aliphatic carbocycles. The van der Waals surface area contributed by atoms with Crippen LogP contribution in [0.5, 0.6) is 0 Å². The maximum Gasteiger partial charge on any atom is 0.433 e. The van der Waals surface area contributed by atoms with Crippen LogP contribution in [0.2, 0.25) is 10.0 Å². The maximum absolute atomic E-state index is 14.4. The Morgan fingerprint density at radius 1 is 0.938 bits per heavy atom. The molecular formula is C37H30Cl2F3N5O. The summed E-state index contributed by atoms with van der Waals surface area (Å²) < 4.78 is 44.0. The smallest absolute Gasteiger partial charge is 0.265 e. The van der Waals surface area contributed by atoms with Gasteiger partial charge in [0, 0.05) is 27.6 Å². The number of hydrazone groups is 1. The van der Waals surface area contributed by atoms with E-state index in [1.165, 1.54) is 11.1 Å². The molecule has 0 radical (unpaired) electrons. The van der Waals surface area contributed by atoms with Crippen molar-refractivity contribution < 1.29 is 18.0 Å². The van der Waals surface area contributed by atoms with Gasteiger partial charge in [0.15, 0.2) is 17.0 Å². The van der Waals surface area contributed by atoms with E-state index in [0.717, 1.165) is 53.3 Å². The van der Waals surface area contributed by atoms with Crippen LogP contribution in [0.3, 0.4) is 0 Å². The summed E-state index contributed by atoms with van der Waals surface area (Å²) in [7, 11) is 0. The molecule has 1 fully saturated rings. The Morgan fingerprint density at radius 2 is 1.60 bits per heavy atom. The molecule has 2 atom stereocenters. The normalized spacial score (nSPS) is 18.9. The quantitative estimate of drug-likeness (QED) is 0.185. The fraction of sp³-hybridized carbons (Fsp3) is 0.243. The standard InChI is InChI=1S/C37H30Cl2F3N5O/c1-21(2)23-8-10-24(11-9-23)30-19-32(37(40,41)42)46-33(43-30)20-31(44-46)36(48)47-35(25-12-16-28(39)17-13-25)29-5-3-4-26(34(29)45-47)18-22-6-14-27(38)15-7-22/h6-21,29,35H,3-5H2,1-2H3/b26-18-/t29-,35-/m0/s1. The van der Waals surface area contributed by atoms with Gasteiger partial charge in [0.2, 0.25) is 0 Å². The third-order valence-corrected chi connectivity index (χ3v) is 9.45. The summed E-state index contributed by atoms with van der Waals surface area (Å²) in [6.45, 7) is 4.08. The number of aromatic nitrogens is 3. The number of hydrogen-bond donors (Lipinski definition) is 0. The van der Waals surface area contributed by atoms with Crippen LogP contribution < -0.4 is 0 Å². The van der Waals surface area contributed by atoms with Crippen molar-refractivity contribution in [3.8, 4) is 11.3 Å². The Kier molecular flexibility index (Phi) is 8.37. The Labute approximate surface area is 285 Å². The molecule has 3 heterocycles. The van der Waals surface area contributed by atoms with Crippen molar-refractivity contribution in [2.75, 3.05) is 0 Å². The zero-order chi connectivity index (χ0) is 33.7. The average Bonchev–Trinajstić information content (AvgIpc) is 3.68. The summed E-state index contributed by atoms with van der Waals surface area (Å²) in [6, 6.07) is 23.7. The maximum atomic E-state index is 14.4. The summed E-state index contributed by atoms with van der Waals surface area (Å²) in [5.74, 6) is -0.491. The van der Waals surface area contributed by atoms with E-state index in [0.29, 0.717) is 20.1 Å². The summed E-state index contributed by atoms with van der Waals surface area (Å²) in [4.78, 5) is 18.8. The summed E-state index contributed by atoms with van der Waals surface area (Å²) in [6.07, 6.45) is -0.285. The average molecular weight is 689 g/mol. The van der Waals surface area contributed by atoms with Gasteiger partial charge in [-0.15, -0.1) is 0 Å². The third kappa shape index (κ3) is 6.13. The van der Waals surface area contributed by atoms with Crippen molar-refractivity contribution >= 4 is 46.5 Å². The minimum absolute atomic E-state index is 0.0910. The molecule has 0 unspecified atom stereocenters. The number of alkyl halides is 3. The Bertz CT molecular complexity index is 2070. The number of amides is 1. The number of rotatable bonds is 5. The molecule has 0 bridgehead atoms. The number of benzene rings is 3. The zero-order valence-corrected chi connectivity index (χ0v) is 27.6. The van der Waals surface area contributed by atoms with Gasteiger partial charge in [-0.1, -0.05) is 85.6 Å². The molecule has 7 rings (SSSR count). The van der Waals surface area contributed by atoms with Gasteiger partial charge >= 0.3 is 6.18 Å². The van der Waals surface area contributed by atoms with Crippen molar-refractivity contribution in [2.45, 2.75) is 51.2 Å². The zero-order valence-electron chi connectivity index (χ0n) is 26.0. The largest absolute Gasteiger partial charge is 0.433 e. The summed E-state index contributed by atoms with van der Waals surface area (Å²) >= 11 is 12.3. The van der Waals surface area contributed by atoms with E-state index in [1.807, 2.05) is 68.5 Å². The number of halogens is 5. The number of allylic oxidation sites excluding steroid dienone is 1. The van der Waals surface area contributed by atoms with Crippen LogP contribution in [0.15, 0.2) is 95.6 Å². The van der Waals surface area contributed by atoms with Gasteiger partial charge in [0.05, 0.1) is 17.4 Å². The number of carbonyl (C=O) groups excluding carboxylic acids is 1. The molecule has 5 aromatic rings. The van der Waals surface area contributed by atoms with Gasteiger partial charge in [0.25, 0.3) is 5.91 Å². The lowest BCUT2D eigenvalue weighted by atomic mass is 9.77. The van der Waals surface area contributed by atoms with E-state index in [2.05, 4.69) is 10.1 Å². The third-order valence-electron chi connectivity index (χ3n) is 8.94. The van der Waals surface area contributed by atoms with Crippen LogP contribution in [0.4, 0.5) is 13.2 Å². The lowest BCUT2D eigenvalue weighted by molar-refractivity contribution is -0.142. The highest BCUT2D eigenvalue weighted by Crippen LogP contribution is 2.45. The highest BCUT2D eigenvalue weighted by molar-refractivity contribution is 6.30. The topological polar surface area (TPSA) is 62.9 Å². The molecular weight excluding hydrogens is 658 g/mol. The Balaban J connectivity index is 1.32. The minimum Gasteiger partial charge on any atom is -0.265 e. The summed E-state index contributed by atoms with van der Waals surface area (Å²) in [5.41, 5.74) is 3.94. The van der Waals surface area contributed by atoms with E-state index in [4.69, 9.17) is 28.3 Å². The van der Waals surface area contributed by atoms with Crippen molar-refractivity contribution in [1.29, 1.82) is 0 Å². The first-order valence-electron chi connectivity index (χ1n) is 15.7. The van der Waals surface area contributed by atoms with E-state index in [1.54, 1.807) is 24.3 Å². The van der Waals surface area contributed by atoms with Crippen molar-refractivity contribution in [1.82, 2.24) is 19.6 Å². The van der Waals surface area contributed by atoms with Gasteiger partial charge in [-0.05, 0) is 83.9 Å². The van der Waals surface area contributed by atoms with Crippen LogP contribution in [0.1, 0.15) is 77.9 Å². The first-order chi connectivity index (χ1) is 23.0. The lowest BCUT2D eigenvalue weighted by Gasteiger charge is -2.29. The predicted molar refractivity (Wildman–Crippen MR) is 182 cm³/mol. The molecule has 6 nitrogen and oxygen atoms in total. The van der Waals surface area contributed by atoms with Crippen molar-refractivity contribution in [3.63, 3.8) is 0 Å². The minimum atomic E-state index is -4.75. The number of hydrogen-bond acceptors (Lipinski definition) is 4. The van der Waals surface area contributed by atoms with Crippen LogP contribution in [-0.2, 0) is 6.18 Å². The second-order valence-electron chi connectivity index (χ2n) is 12.5. The molecule has 0 saturated heterocycles. The molecule has 244 valence electrons. The molecule has 48 heavy (non-hydrogen) atoms. The molecule has 0 N–H and O–H groups in total. The van der Waals surface area contributed by atoms with Gasteiger partial charge < -0.3 is 0 Å². The van der Waals surface area contributed by atoms with Crippen LogP contribution >= 0.6 is 23.2 Å². The Morgan fingerprint density at radius 3 is 2.25 bits per heavy atom. The van der Waals surface area contributed by atoms with Crippen molar-refractivity contribution in [3.05, 3.63) is 129 Å². The highest BCUT2D eigenvalue weighted by atomic mass is 35.5. The number of fused-ring (bicyclic) bond motifs is 2. The second kappa shape index (κ2) is 12.5. The molecule has 0 spiro atoms. The van der Waals surface area contributed by atoms with Gasteiger partial charge in [0.1, 0.15) is 0 Å². The van der Waals surface area contributed by atoms with Crippen LogP contribution in [-0.4, -0.2) is 31.2 Å². The molecule has 1 aliphatic heterocycles. The first kappa shape index (κ1) is 32.1. The van der Waals surface area contributed by atoms with Crippen LogP contribution in [0, 0.1) is 5.92 Å². The highest BCUT2D eigenvalue weighted by Gasteiger charge is 2.45. The van der Waals surface area contributed by atoms with Gasteiger partial charge in [-0.3, -0.25) is 4.79 Å². The SMILES string of the molecule is CC(C)c1ccc(-c2cc(C(F)(F)F)n3nc(C(=O)N4N=C5/C(=C\c6ccc(Cl)cc6)CCC[C@@H]5[C@@H]4c4ccc(Cl)cc4)cc3n2)cc1. The monoisotopic (exact) mass is 687 g/mol. The molecule has 2 aliphatic rings. The van der Waals surface area contributed by atoms with E-state index in [9.17, 15) is 18.0 Å².